The summed E-state index contributed by atoms with van der Waals surface area (Å²) in [6.45, 7) is 2.26. The topological polar surface area (TPSA) is 69.1 Å². The van der Waals surface area contributed by atoms with Crippen molar-refractivity contribution in [1.29, 1.82) is 0 Å². The summed E-state index contributed by atoms with van der Waals surface area (Å²) in [5.41, 5.74) is 6.34. The molecule has 0 radical (unpaired) electrons. The van der Waals surface area contributed by atoms with E-state index in [9.17, 15) is 0 Å². The third-order valence-corrected chi connectivity index (χ3v) is 6.43. The number of nitrogens with zero attached hydrogens (tertiary/aromatic N) is 4. The molecule has 2 atom stereocenters. The van der Waals surface area contributed by atoms with Gasteiger partial charge in [0.05, 0.1) is 0 Å². The van der Waals surface area contributed by atoms with Crippen molar-refractivity contribution < 1.29 is 0 Å². The Morgan fingerprint density at radius 3 is 2.70 bits per heavy atom. The van der Waals surface area contributed by atoms with E-state index in [-0.39, 0.29) is 11.5 Å². The first-order chi connectivity index (χ1) is 9.68. The van der Waals surface area contributed by atoms with Crippen molar-refractivity contribution in [3.63, 3.8) is 0 Å². The summed E-state index contributed by atoms with van der Waals surface area (Å²) in [5.74, 6) is 1.61. The van der Waals surface area contributed by atoms with Crippen LogP contribution >= 0.6 is 11.3 Å². The molecule has 5 nitrogen and oxygen atoms in total. The number of rotatable bonds is 2. The second-order valence-electron chi connectivity index (χ2n) is 6.56. The Morgan fingerprint density at radius 1 is 1.20 bits per heavy atom. The molecule has 2 aliphatic rings. The first-order valence-electron chi connectivity index (χ1n) is 7.67. The first kappa shape index (κ1) is 12.7. The maximum absolute atomic E-state index is 6.32. The SMILES string of the molecule is CC1(c2nn3c(C4CCCC4)nnc3s2)CCCC1N. The van der Waals surface area contributed by atoms with Crippen LogP contribution in [0.3, 0.4) is 0 Å². The van der Waals surface area contributed by atoms with Crippen LogP contribution in [0.25, 0.3) is 4.96 Å². The maximum atomic E-state index is 6.32. The Morgan fingerprint density at radius 2 is 2.00 bits per heavy atom. The molecule has 2 N–H and O–H groups in total. The van der Waals surface area contributed by atoms with E-state index < -0.39 is 0 Å². The number of hydrogen-bond donors (Lipinski definition) is 1. The summed E-state index contributed by atoms with van der Waals surface area (Å²) >= 11 is 1.67. The number of nitrogens with two attached hydrogens (primary N) is 1. The average Bonchev–Trinajstić information content (AvgIpc) is 3.14. The van der Waals surface area contributed by atoms with Crippen LogP contribution in [0.15, 0.2) is 0 Å². The third-order valence-electron chi connectivity index (χ3n) is 5.25. The average molecular weight is 291 g/mol. The predicted molar refractivity (Wildman–Crippen MR) is 79.0 cm³/mol. The first-order valence-corrected chi connectivity index (χ1v) is 8.48. The lowest BCUT2D eigenvalue weighted by Crippen LogP contribution is -2.38. The molecule has 2 fully saturated rings. The van der Waals surface area contributed by atoms with Gasteiger partial charge in [0.25, 0.3) is 0 Å². The molecule has 0 saturated heterocycles. The quantitative estimate of drug-likeness (QED) is 0.923. The lowest BCUT2D eigenvalue weighted by atomic mass is 9.86. The van der Waals surface area contributed by atoms with Crippen molar-refractivity contribution in [2.75, 3.05) is 0 Å². The van der Waals surface area contributed by atoms with Gasteiger partial charge in [-0.2, -0.15) is 9.61 Å². The normalized spacial score (nSPS) is 31.6. The fraction of sp³-hybridized carbons (Fsp3) is 0.786. The van der Waals surface area contributed by atoms with Gasteiger partial charge < -0.3 is 5.73 Å². The minimum absolute atomic E-state index is 0.0261. The maximum Gasteiger partial charge on any atom is 0.234 e. The summed E-state index contributed by atoms with van der Waals surface area (Å²) in [4.78, 5) is 0.933. The van der Waals surface area contributed by atoms with Gasteiger partial charge in [-0.05, 0) is 25.7 Å². The van der Waals surface area contributed by atoms with Crippen LogP contribution in [-0.4, -0.2) is 25.9 Å². The molecule has 2 aromatic rings. The minimum Gasteiger partial charge on any atom is -0.327 e. The summed E-state index contributed by atoms with van der Waals surface area (Å²) in [7, 11) is 0. The molecule has 108 valence electrons. The van der Waals surface area contributed by atoms with E-state index in [1.165, 1.54) is 32.1 Å². The monoisotopic (exact) mass is 291 g/mol. The van der Waals surface area contributed by atoms with Gasteiger partial charge in [0.1, 0.15) is 5.01 Å². The van der Waals surface area contributed by atoms with Gasteiger partial charge in [0.15, 0.2) is 5.82 Å². The van der Waals surface area contributed by atoms with Crippen LogP contribution in [0.4, 0.5) is 0 Å². The highest BCUT2D eigenvalue weighted by Crippen LogP contribution is 2.42. The predicted octanol–water partition coefficient (Wildman–Crippen LogP) is 2.61. The van der Waals surface area contributed by atoms with Crippen LogP contribution in [0.1, 0.15) is 68.6 Å². The minimum atomic E-state index is 0.0261. The summed E-state index contributed by atoms with van der Waals surface area (Å²) in [5, 5.41) is 14.7. The van der Waals surface area contributed by atoms with Crippen LogP contribution in [0, 0.1) is 0 Å². The van der Waals surface area contributed by atoms with Crippen molar-refractivity contribution in [3.05, 3.63) is 10.8 Å². The Labute approximate surface area is 122 Å². The molecule has 0 bridgehead atoms. The Kier molecular flexibility index (Phi) is 2.86. The molecule has 0 spiro atoms. The Balaban J connectivity index is 1.76. The lowest BCUT2D eigenvalue weighted by Gasteiger charge is -2.25. The van der Waals surface area contributed by atoms with Gasteiger partial charge in [-0.1, -0.05) is 37.5 Å². The largest absolute Gasteiger partial charge is 0.327 e. The van der Waals surface area contributed by atoms with Crippen molar-refractivity contribution in [2.24, 2.45) is 5.73 Å². The smallest absolute Gasteiger partial charge is 0.234 e. The Bertz CT molecular complexity index is 627. The van der Waals surface area contributed by atoms with Gasteiger partial charge in [0, 0.05) is 17.4 Å². The molecule has 4 rings (SSSR count). The molecule has 2 heterocycles. The van der Waals surface area contributed by atoms with Crippen LogP contribution < -0.4 is 5.73 Å². The van der Waals surface area contributed by atoms with Crippen molar-refractivity contribution in [2.45, 2.75) is 69.2 Å². The Hall–Kier alpha value is -1.01. The zero-order valence-electron chi connectivity index (χ0n) is 11.9. The highest BCUT2D eigenvalue weighted by Gasteiger charge is 2.41. The van der Waals surface area contributed by atoms with Gasteiger partial charge in [-0.15, -0.1) is 10.2 Å². The van der Waals surface area contributed by atoms with Crippen molar-refractivity contribution >= 4 is 16.3 Å². The highest BCUT2D eigenvalue weighted by atomic mass is 32.1. The van der Waals surface area contributed by atoms with Gasteiger partial charge in [-0.3, -0.25) is 0 Å². The van der Waals surface area contributed by atoms with E-state index in [4.69, 9.17) is 10.8 Å². The van der Waals surface area contributed by atoms with Crippen LogP contribution in [0.2, 0.25) is 0 Å². The number of aromatic nitrogens is 4. The zero-order chi connectivity index (χ0) is 13.7. The third kappa shape index (κ3) is 1.74. The zero-order valence-corrected chi connectivity index (χ0v) is 12.7. The molecular formula is C14H21N5S. The molecule has 0 aliphatic heterocycles. The van der Waals surface area contributed by atoms with E-state index in [1.54, 1.807) is 11.3 Å². The number of fused-ring (bicyclic) bond motifs is 1. The molecular weight excluding hydrogens is 270 g/mol. The standard InChI is InChI=1S/C14H21N5S/c1-14(8-4-7-10(14)15)12-18-19-11(9-5-2-3-6-9)16-17-13(19)20-12/h9-10H,2-8,15H2,1H3. The molecule has 2 unspecified atom stereocenters. The molecule has 6 heteroatoms. The van der Waals surface area contributed by atoms with Crippen molar-refractivity contribution in [1.82, 2.24) is 19.8 Å². The fourth-order valence-electron chi connectivity index (χ4n) is 3.76. The van der Waals surface area contributed by atoms with E-state index in [0.29, 0.717) is 5.92 Å². The van der Waals surface area contributed by atoms with Gasteiger partial charge in [-0.25, -0.2) is 0 Å². The number of hydrogen-bond acceptors (Lipinski definition) is 5. The van der Waals surface area contributed by atoms with E-state index in [2.05, 4.69) is 17.1 Å². The van der Waals surface area contributed by atoms with Crippen LogP contribution in [0.5, 0.6) is 0 Å². The molecule has 0 aromatic carbocycles. The van der Waals surface area contributed by atoms with Gasteiger partial charge in [0.2, 0.25) is 4.96 Å². The molecule has 2 aliphatic carbocycles. The fourth-order valence-corrected chi connectivity index (χ4v) is 4.84. The summed E-state index contributed by atoms with van der Waals surface area (Å²) in [6.07, 6.45) is 8.50. The lowest BCUT2D eigenvalue weighted by molar-refractivity contribution is 0.422. The molecule has 2 saturated carbocycles. The van der Waals surface area contributed by atoms with E-state index in [1.807, 2.05) is 4.52 Å². The summed E-state index contributed by atoms with van der Waals surface area (Å²) in [6, 6.07) is 0.223. The van der Waals surface area contributed by atoms with Crippen molar-refractivity contribution in [3.8, 4) is 0 Å². The van der Waals surface area contributed by atoms with Gasteiger partial charge >= 0.3 is 0 Å². The second kappa shape index (κ2) is 4.49. The van der Waals surface area contributed by atoms with E-state index in [0.717, 1.165) is 28.6 Å². The second-order valence-corrected chi connectivity index (χ2v) is 7.51. The molecule has 0 amide bonds. The highest BCUT2D eigenvalue weighted by molar-refractivity contribution is 7.16. The van der Waals surface area contributed by atoms with E-state index >= 15 is 0 Å². The molecule has 20 heavy (non-hydrogen) atoms. The molecule has 2 aromatic heterocycles. The van der Waals surface area contributed by atoms with Crippen LogP contribution in [-0.2, 0) is 5.41 Å². The summed E-state index contributed by atoms with van der Waals surface area (Å²) < 4.78 is 1.99.